The van der Waals surface area contributed by atoms with E-state index < -0.39 is 35.4 Å². The number of nitrogens with zero attached hydrogens (tertiary/aromatic N) is 1. The highest BCUT2D eigenvalue weighted by molar-refractivity contribution is 9.10. The van der Waals surface area contributed by atoms with Crippen molar-refractivity contribution in [1.29, 1.82) is 0 Å². The Morgan fingerprint density at radius 2 is 1.48 bits per heavy atom. The van der Waals surface area contributed by atoms with Gasteiger partial charge in [-0.3, -0.25) is 4.79 Å². The summed E-state index contributed by atoms with van der Waals surface area (Å²) in [5.41, 5.74) is -1.21. The lowest BCUT2D eigenvalue weighted by atomic mass is 10.0. The van der Waals surface area contributed by atoms with Crippen LogP contribution in [0.5, 0.6) is 0 Å². The van der Waals surface area contributed by atoms with Crippen LogP contribution in [0.15, 0.2) is 28.7 Å². The van der Waals surface area contributed by atoms with Crippen molar-refractivity contribution in [1.82, 2.24) is 4.90 Å². The maximum absolute atomic E-state index is 12.8. The number of imide groups is 1. The van der Waals surface area contributed by atoms with Crippen LogP contribution in [0.2, 0.25) is 0 Å². The van der Waals surface area contributed by atoms with E-state index >= 15 is 0 Å². The van der Waals surface area contributed by atoms with Gasteiger partial charge in [0.05, 0.1) is 7.11 Å². The molecule has 0 bridgehead atoms. The van der Waals surface area contributed by atoms with Gasteiger partial charge in [-0.05, 0) is 66.5 Å². The second kappa shape index (κ2) is 12.2. The summed E-state index contributed by atoms with van der Waals surface area (Å²) in [4.78, 5) is 51.3. The van der Waals surface area contributed by atoms with E-state index in [0.29, 0.717) is 23.3 Å². The Balaban J connectivity index is 2.97. The molecule has 184 valence electrons. The van der Waals surface area contributed by atoms with E-state index in [0.717, 1.165) is 4.47 Å². The molecule has 0 spiro atoms. The Morgan fingerprint density at radius 3 is 1.94 bits per heavy atom. The summed E-state index contributed by atoms with van der Waals surface area (Å²) in [5, 5.41) is 0. The van der Waals surface area contributed by atoms with Crippen LogP contribution in [0.25, 0.3) is 0 Å². The van der Waals surface area contributed by atoms with Crippen molar-refractivity contribution in [2.75, 3.05) is 7.11 Å². The number of amides is 2. The average Bonchev–Trinajstić information content (AvgIpc) is 2.66. The largest absolute Gasteiger partial charge is 0.467 e. The van der Waals surface area contributed by atoms with Crippen LogP contribution in [-0.4, -0.2) is 53.2 Å². The zero-order chi connectivity index (χ0) is 25.4. The van der Waals surface area contributed by atoms with Crippen LogP contribution < -0.4 is 0 Å². The topological polar surface area (TPSA) is 99.2 Å². The molecular weight excluding hydrogens is 494 g/mol. The third kappa shape index (κ3) is 10.4. The molecule has 0 aliphatic rings. The smallest absolute Gasteiger partial charge is 0.420 e. The molecule has 0 heterocycles. The van der Waals surface area contributed by atoms with Crippen LogP contribution in [0, 0.1) is 0 Å². The minimum atomic E-state index is -1.25. The number of unbranched alkanes of at least 4 members (excludes halogenated alkanes) is 1. The Kier molecular flexibility index (Phi) is 10.5. The maximum Gasteiger partial charge on any atom is 0.420 e. The Morgan fingerprint density at radius 1 is 0.939 bits per heavy atom. The fraction of sp³-hybridized carbons (Fsp3) is 0.583. The highest BCUT2D eigenvalue weighted by atomic mass is 79.9. The molecule has 0 saturated heterocycles. The van der Waals surface area contributed by atoms with Crippen LogP contribution >= 0.6 is 15.9 Å². The first-order valence-electron chi connectivity index (χ1n) is 10.8. The summed E-state index contributed by atoms with van der Waals surface area (Å²) in [7, 11) is 1.18. The van der Waals surface area contributed by atoms with Gasteiger partial charge in [-0.15, -0.1) is 0 Å². The van der Waals surface area contributed by atoms with Crippen LogP contribution in [0.3, 0.4) is 0 Å². The second-order valence-corrected chi connectivity index (χ2v) is 10.5. The fourth-order valence-electron chi connectivity index (χ4n) is 2.87. The molecular formula is C24H34BrNO7. The van der Waals surface area contributed by atoms with Gasteiger partial charge in [-0.25, -0.2) is 14.4 Å². The quantitative estimate of drug-likeness (QED) is 0.179. The van der Waals surface area contributed by atoms with Crippen molar-refractivity contribution >= 4 is 39.9 Å². The first-order valence-corrected chi connectivity index (χ1v) is 11.6. The predicted octanol–water partition coefficient (Wildman–Crippen LogP) is 5.91. The van der Waals surface area contributed by atoms with Gasteiger partial charge in [0.25, 0.3) is 0 Å². The Labute approximate surface area is 204 Å². The zero-order valence-corrected chi connectivity index (χ0v) is 22.0. The number of methoxy groups -OCH3 is 1. The summed E-state index contributed by atoms with van der Waals surface area (Å²) in [6.45, 7) is 9.91. The summed E-state index contributed by atoms with van der Waals surface area (Å²) in [6.07, 6.45) is -0.813. The molecule has 8 nitrogen and oxygen atoms in total. The van der Waals surface area contributed by atoms with E-state index in [1.54, 1.807) is 59.7 Å². The second-order valence-electron chi connectivity index (χ2n) is 9.55. The van der Waals surface area contributed by atoms with Crippen LogP contribution in [-0.2, 0) is 19.0 Å². The van der Waals surface area contributed by atoms with Gasteiger partial charge in [0, 0.05) is 16.5 Å². The maximum atomic E-state index is 12.8. The number of ketones is 1. The molecule has 0 N–H and O–H groups in total. The zero-order valence-electron chi connectivity index (χ0n) is 20.4. The minimum Gasteiger partial charge on any atom is -0.467 e. The van der Waals surface area contributed by atoms with Crippen molar-refractivity contribution in [3.63, 3.8) is 0 Å². The van der Waals surface area contributed by atoms with Gasteiger partial charge < -0.3 is 14.2 Å². The van der Waals surface area contributed by atoms with E-state index in [4.69, 9.17) is 14.2 Å². The average molecular weight is 528 g/mol. The lowest BCUT2D eigenvalue weighted by molar-refractivity contribution is -0.147. The third-order valence-electron chi connectivity index (χ3n) is 4.24. The van der Waals surface area contributed by atoms with Crippen molar-refractivity contribution in [3.05, 3.63) is 34.3 Å². The van der Waals surface area contributed by atoms with Crippen LogP contribution in [0.1, 0.15) is 77.6 Å². The van der Waals surface area contributed by atoms with E-state index in [2.05, 4.69) is 15.9 Å². The van der Waals surface area contributed by atoms with Gasteiger partial charge in [0.1, 0.15) is 17.2 Å². The molecule has 0 radical (unpaired) electrons. The van der Waals surface area contributed by atoms with Crippen molar-refractivity contribution in [3.8, 4) is 0 Å². The lowest BCUT2D eigenvalue weighted by Crippen LogP contribution is -2.52. The minimum absolute atomic E-state index is 0.0398. The van der Waals surface area contributed by atoms with Gasteiger partial charge >= 0.3 is 18.2 Å². The van der Waals surface area contributed by atoms with Gasteiger partial charge in [-0.2, -0.15) is 4.90 Å². The van der Waals surface area contributed by atoms with Gasteiger partial charge in [0.2, 0.25) is 0 Å². The predicted molar refractivity (Wildman–Crippen MR) is 127 cm³/mol. The number of ether oxygens (including phenoxy) is 3. The van der Waals surface area contributed by atoms with Gasteiger partial charge in [-0.1, -0.05) is 34.5 Å². The SMILES string of the molecule is COC(=O)[C@H](CCCCC(=O)c1cccc(Br)c1)N(C(=O)OC(C)(C)C)C(=O)OC(C)(C)C. The third-order valence-corrected chi connectivity index (χ3v) is 4.74. The fourth-order valence-corrected chi connectivity index (χ4v) is 3.27. The van der Waals surface area contributed by atoms with E-state index in [1.807, 2.05) is 6.07 Å². The standard InChI is InChI=1S/C24H34BrNO7/c1-23(2,3)32-21(29)26(22(30)33-24(4,5)6)18(20(28)31-7)13-8-9-14-19(27)16-11-10-12-17(25)15-16/h10-12,15,18H,8-9,13-14H2,1-7H3/t18-/m0/s1. The number of rotatable bonds is 8. The summed E-state index contributed by atoms with van der Waals surface area (Å²) in [5.74, 6) is -0.813. The molecule has 0 aliphatic heterocycles. The Bertz CT molecular complexity index is 827. The van der Waals surface area contributed by atoms with E-state index in [1.165, 1.54) is 7.11 Å². The molecule has 0 fully saturated rings. The number of esters is 1. The monoisotopic (exact) mass is 527 g/mol. The number of carbonyl (C=O) groups is 4. The molecule has 2 amide bonds. The summed E-state index contributed by atoms with van der Waals surface area (Å²) >= 11 is 3.34. The number of Topliss-reactive ketones (excluding diaryl/α,β-unsaturated/α-hetero) is 1. The Hall–Kier alpha value is -2.42. The summed E-state index contributed by atoms with van der Waals surface area (Å²) in [6, 6.07) is 5.84. The first-order chi connectivity index (χ1) is 15.1. The molecule has 9 heteroatoms. The molecule has 1 atom stereocenters. The highest BCUT2D eigenvalue weighted by Crippen LogP contribution is 2.21. The van der Waals surface area contributed by atoms with Crippen molar-refractivity contribution in [2.45, 2.75) is 84.5 Å². The number of hydrogen-bond acceptors (Lipinski definition) is 7. The molecule has 1 rings (SSSR count). The van der Waals surface area contributed by atoms with Gasteiger partial charge in [0.15, 0.2) is 5.78 Å². The molecule has 33 heavy (non-hydrogen) atoms. The molecule has 0 aromatic heterocycles. The first kappa shape index (κ1) is 28.6. The van der Waals surface area contributed by atoms with E-state index in [9.17, 15) is 19.2 Å². The summed E-state index contributed by atoms with van der Waals surface area (Å²) < 4.78 is 16.3. The van der Waals surface area contributed by atoms with E-state index in [-0.39, 0.29) is 18.6 Å². The molecule has 0 unspecified atom stereocenters. The number of halogens is 1. The molecule has 0 aliphatic carbocycles. The molecule has 0 saturated carbocycles. The van der Waals surface area contributed by atoms with Crippen molar-refractivity contribution in [2.24, 2.45) is 0 Å². The molecule has 1 aromatic carbocycles. The van der Waals surface area contributed by atoms with Crippen LogP contribution in [0.4, 0.5) is 9.59 Å². The normalized spacial score (nSPS) is 12.5. The highest BCUT2D eigenvalue weighted by Gasteiger charge is 2.40. The number of carbonyl (C=O) groups excluding carboxylic acids is 4. The van der Waals surface area contributed by atoms with Crippen molar-refractivity contribution < 1.29 is 33.4 Å². The number of benzene rings is 1. The lowest BCUT2D eigenvalue weighted by Gasteiger charge is -2.32. The molecule has 1 aromatic rings. The number of hydrogen-bond donors (Lipinski definition) is 0.